The highest BCUT2D eigenvalue weighted by molar-refractivity contribution is 7.16. The number of ether oxygens (including phenoxy) is 1. The summed E-state index contributed by atoms with van der Waals surface area (Å²) in [6, 6.07) is 2.01. The smallest absolute Gasteiger partial charge is 0.417 e. The van der Waals surface area contributed by atoms with Crippen molar-refractivity contribution in [1.82, 2.24) is 0 Å². The Morgan fingerprint density at radius 2 is 1.57 bits per heavy atom. The maximum atomic E-state index is 13.8. The molecule has 30 heavy (non-hydrogen) atoms. The number of ketones is 1. The van der Waals surface area contributed by atoms with Crippen molar-refractivity contribution in [3.8, 4) is 0 Å². The predicted molar refractivity (Wildman–Crippen MR) is 112 cm³/mol. The topological polar surface area (TPSA) is 43.4 Å². The zero-order chi connectivity index (χ0) is 22.2. The van der Waals surface area contributed by atoms with E-state index in [1.807, 2.05) is 0 Å². The number of esters is 1. The number of alkyl halides is 3. The maximum absolute atomic E-state index is 13.8. The van der Waals surface area contributed by atoms with Crippen molar-refractivity contribution >= 4 is 63.5 Å². The third-order valence-electron chi connectivity index (χ3n) is 4.69. The number of hydrogen-bond acceptors (Lipinski definition) is 4. The Labute approximate surface area is 189 Å². The summed E-state index contributed by atoms with van der Waals surface area (Å²) in [6.07, 6.45) is -1.65. The van der Waals surface area contributed by atoms with Gasteiger partial charge in [-0.25, -0.2) is 4.79 Å². The summed E-state index contributed by atoms with van der Waals surface area (Å²) < 4.78 is 46.0. The number of fused-ring (bicyclic) bond motifs is 1. The van der Waals surface area contributed by atoms with Gasteiger partial charge in [0.05, 0.1) is 32.6 Å². The molecule has 160 valence electrons. The van der Waals surface area contributed by atoms with Gasteiger partial charge in [0.25, 0.3) is 0 Å². The van der Waals surface area contributed by atoms with E-state index in [4.69, 9.17) is 39.5 Å². The lowest BCUT2D eigenvalue weighted by Crippen LogP contribution is -2.13. The first-order valence-corrected chi connectivity index (χ1v) is 10.7. The second-order valence-corrected chi connectivity index (χ2v) is 8.80. The SMILES string of the molecule is COC(=O)c1sc(C(=O)/C=C(/c2cc(Cl)c(Cl)c(Cl)c2)C(F)(F)F)c2c1CCCC2. The van der Waals surface area contributed by atoms with Crippen molar-refractivity contribution in [2.45, 2.75) is 31.9 Å². The first-order chi connectivity index (χ1) is 14.0. The number of halogens is 6. The van der Waals surface area contributed by atoms with Crippen molar-refractivity contribution in [3.05, 3.63) is 59.7 Å². The van der Waals surface area contributed by atoms with Gasteiger partial charge in [-0.05, 0) is 60.6 Å². The molecule has 1 aliphatic rings. The Bertz CT molecular complexity index is 1030. The van der Waals surface area contributed by atoms with Gasteiger partial charge in [0.1, 0.15) is 4.88 Å². The van der Waals surface area contributed by atoms with E-state index in [2.05, 4.69) is 0 Å². The highest BCUT2D eigenvalue weighted by Gasteiger charge is 2.37. The molecule has 1 aromatic carbocycles. The van der Waals surface area contributed by atoms with E-state index in [1.54, 1.807) is 0 Å². The molecule has 2 aromatic rings. The highest BCUT2D eigenvalue weighted by Crippen LogP contribution is 2.41. The number of rotatable bonds is 4. The second kappa shape index (κ2) is 8.91. The van der Waals surface area contributed by atoms with Crippen LogP contribution in [-0.2, 0) is 17.6 Å². The minimum Gasteiger partial charge on any atom is -0.465 e. The first-order valence-electron chi connectivity index (χ1n) is 8.75. The number of carbonyl (C=O) groups is 2. The molecule has 0 atom stereocenters. The molecule has 0 amide bonds. The molecule has 0 saturated carbocycles. The largest absolute Gasteiger partial charge is 0.465 e. The summed E-state index contributed by atoms with van der Waals surface area (Å²) in [5.74, 6) is -1.45. The van der Waals surface area contributed by atoms with Crippen molar-refractivity contribution < 1.29 is 27.5 Å². The van der Waals surface area contributed by atoms with Crippen LogP contribution in [0.2, 0.25) is 15.1 Å². The maximum Gasteiger partial charge on any atom is 0.417 e. The van der Waals surface area contributed by atoms with Crippen LogP contribution < -0.4 is 0 Å². The van der Waals surface area contributed by atoms with Crippen LogP contribution in [0.5, 0.6) is 0 Å². The molecule has 0 spiro atoms. The van der Waals surface area contributed by atoms with Crippen molar-refractivity contribution in [2.24, 2.45) is 0 Å². The van der Waals surface area contributed by atoms with Gasteiger partial charge in [-0.2, -0.15) is 13.2 Å². The summed E-state index contributed by atoms with van der Waals surface area (Å²) >= 11 is 18.4. The lowest BCUT2D eigenvalue weighted by atomic mass is 9.91. The van der Waals surface area contributed by atoms with Crippen LogP contribution in [0.4, 0.5) is 13.2 Å². The summed E-state index contributed by atoms with van der Waals surface area (Å²) in [7, 11) is 1.22. The molecular formula is C20H14Cl3F3O3S. The molecule has 0 radical (unpaired) electrons. The van der Waals surface area contributed by atoms with Crippen molar-refractivity contribution in [3.63, 3.8) is 0 Å². The summed E-state index contributed by atoms with van der Waals surface area (Å²) in [5.41, 5.74) is -0.290. The standard InChI is InChI=1S/C20H14Cl3F3O3S/c1-29-19(28)18-11-5-3-2-4-10(11)17(30-18)15(27)8-12(20(24,25)26)9-6-13(21)16(23)14(22)7-9/h6-8H,2-5H2,1H3/b12-8-. The number of methoxy groups -OCH3 is 1. The normalized spacial score (nSPS) is 14.4. The van der Waals surface area contributed by atoms with E-state index >= 15 is 0 Å². The Hall–Kier alpha value is -1.54. The fourth-order valence-electron chi connectivity index (χ4n) is 3.32. The molecule has 1 aliphatic carbocycles. The predicted octanol–water partition coefficient (Wildman–Crippen LogP) is 7.20. The zero-order valence-electron chi connectivity index (χ0n) is 15.5. The molecule has 0 unspecified atom stereocenters. The number of thiophene rings is 1. The minimum absolute atomic E-state index is 0.0787. The molecule has 0 N–H and O–H groups in total. The molecular weight excluding hydrogens is 484 g/mol. The molecule has 3 rings (SSSR count). The summed E-state index contributed by atoms with van der Waals surface area (Å²) in [6.45, 7) is 0. The van der Waals surface area contributed by atoms with Crippen LogP contribution in [0.25, 0.3) is 5.57 Å². The number of carbonyl (C=O) groups excluding carboxylic acids is 2. The van der Waals surface area contributed by atoms with E-state index in [1.165, 1.54) is 7.11 Å². The molecule has 3 nitrogen and oxygen atoms in total. The third kappa shape index (κ3) is 4.54. The van der Waals surface area contributed by atoms with E-state index in [9.17, 15) is 22.8 Å². The monoisotopic (exact) mass is 496 g/mol. The Balaban J connectivity index is 2.13. The zero-order valence-corrected chi connectivity index (χ0v) is 18.5. The molecule has 0 fully saturated rings. The average Bonchev–Trinajstić information content (AvgIpc) is 3.08. The Morgan fingerprint density at radius 3 is 2.07 bits per heavy atom. The van der Waals surface area contributed by atoms with E-state index in [0.29, 0.717) is 30.0 Å². The fourth-order valence-corrected chi connectivity index (χ4v) is 5.15. The van der Waals surface area contributed by atoms with Crippen LogP contribution in [0.3, 0.4) is 0 Å². The Morgan fingerprint density at radius 1 is 1.03 bits per heavy atom. The fraction of sp³-hybridized carbons (Fsp3) is 0.300. The van der Waals surface area contributed by atoms with Crippen molar-refractivity contribution in [1.29, 1.82) is 0 Å². The number of allylic oxidation sites excluding steroid dienone is 2. The van der Waals surface area contributed by atoms with Gasteiger partial charge in [-0.1, -0.05) is 34.8 Å². The van der Waals surface area contributed by atoms with Gasteiger partial charge in [0.2, 0.25) is 0 Å². The molecule has 0 aliphatic heterocycles. The van der Waals surface area contributed by atoms with Gasteiger partial charge in [-0.3, -0.25) is 4.79 Å². The molecule has 0 bridgehead atoms. The molecule has 1 aromatic heterocycles. The minimum atomic E-state index is -4.85. The van der Waals surface area contributed by atoms with Gasteiger partial charge < -0.3 is 4.74 Å². The van der Waals surface area contributed by atoms with Crippen LogP contribution in [0, 0.1) is 0 Å². The first kappa shape index (κ1) is 23.1. The molecule has 0 saturated heterocycles. The number of benzene rings is 1. The van der Waals surface area contributed by atoms with E-state index in [-0.39, 0.29) is 30.4 Å². The van der Waals surface area contributed by atoms with E-state index in [0.717, 1.165) is 36.3 Å². The summed E-state index contributed by atoms with van der Waals surface area (Å²) in [4.78, 5) is 25.3. The third-order valence-corrected chi connectivity index (χ3v) is 7.16. The second-order valence-electron chi connectivity index (χ2n) is 6.59. The number of hydrogen-bond donors (Lipinski definition) is 0. The van der Waals surface area contributed by atoms with E-state index < -0.39 is 23.5 Å². The van der Waals surface area contributed by atoms with Crippen LogP contribution in [0.15, 0.2) is 18.2 Å². The van der Waals surface area contributed by atoms with Gasteiger partial charge in [0, 0.05) is 0 Å². The lowest BCUT2D eigenvalue weighted by Gasteiger charge is -2.15. The Kier molecular flexibility index (Phi) is 6.87. The lowest BCUT2D eigenvalue weighted by molar-refractivity contribution is -0.0689. The van der Waals surface area contributed by atoms with Crippen LogP contribution in [0.1, 0.15) is 48.9 Å². The van der Waals surface area contributed by atoms with Crippen LogP contribution >= 0.6 is 46.1 Å². The molecule has 1 heterocycles. The quantitative estimate of drug-likeness (QED) is 0.194. The van der Waals surface area contributed by atoms with Crippen molar-refractivity contribution in [2.75, 3.05) is 7.11 Å². The average molecular weight is 498 g/mol. The molecule has 10 heteroatoms. The van der Waals surface area contributed by atoms with Gasteiger partial charge >= 0.3 is 12.1 Å². The van der Waals surface area contributed by atoms with Crippen LogP contribution in [-0.4, -0.2) is 25.0 Å². The highest BCUT2D eigenvalue weighted by atomic mass is 35.5. The van der Waals surface area contributed by atoms with Gasteiger partial charge in [0.15, 0.2) is 5.78 Å². The van der Waals surface area contributed by atoms with Gasteiger partial charge in [-0.15, -0.1) is 11.3 Å². The summed E-state index contributed by atoms with van der Waals surface area (Å²) in [5, 5.41) is -0.406.